The average molecular weight is 420 g/mol. The van der Waals surface area contributed by atoms with Crippen LogP contribution >= 0.6 is 0 Å². The van der Waals surface area contributed by atoms with E-state index in [4.69, 9.17) is 19.9 Å². The van der Waals surface area contributed by atoms with E-state index in [1.165, 1.54) is 7.11 Å². The number of pyridine rings is 2. The Morgan fingerprint density at radius 2 is 2.17 bits per heavy atom. The number of rotatable bonds is 5. The van der Waals surface area contributed by atoms with Gasteiger partial charge in [-0.2, -0.15) is 0 Å². The average Bonchev–Trinajstić information content (AvgIpc) is 2.68. The van der Waals surface area contributed by atoms with Gasteiger partial charge in [-0.15, -0.1) is 0 Å². The first-order valence-corrected chi connectivity index (χ1v) is 10.0. The Morgan fingerprint density at radius 1 is 1.40 bits per heavy atom. The highest BCUT2D eigenvalue weighted by atomic mass is 19.1. The molecule has 0 aromatic carbocycles. The van der Waals surface area contributed by atoms with E-state index in [1.807, 2.05) is 0 Å². The molecule has 1 fully saturated rings. The van der Waals surface area contributed by atoms with Crippen LogP contribution in [0.1, 0.15) is 39.2 Å². The lowest BCUT2D eigenvalue weighted by Gasteiger charge is -2.34. The van der Waals surface area contributed by atoms with Gasteiger partial charge in [-0.25, -0.2) is 14.2 Å². The third-order valence-electron chi connectivity index (χ3n) is 4.87. The molecule has 1 saturated heterocycles. The zero-order valence-corrected chi connectivity index (χ0v) is 17.8. The van der Waals surface area contributed by atoms with Crippen LogP contribution in [0, 0.1) is 5.82 Å². The van der Waals surface area contributed by atoms with Gasteiger partial charge in [0.25, 0.3) is 0 Å². The zero-order chi connectivity index (χ0) is 21.9. The number of alkyl carbamates (subject to hydrolysis) is 1. The lowest BCUT2D eigenvalue weighted by Crippen LogP contribution is -2.51. The van der Waals surface area contributed by atoms with Crippen LogP contribution in [0.4, 0.5) is 9.18 Å². The number of nitrogens with two attached hydrogens (primary N) is 1. The Labute approximate surface area is 175 Å². The number of nitrogens with one attached hydrogen (secondary N) is 1. The van der Waals surface area contributed by atoms with E-state index < -0.39 is 23.6 Å². The summed E-state index contributed by atoms with van der Waals surface area (Å²) in [7, 11) is 1.49. The predicted octanol–water partition coefficient (Wildman–Crippen LogP) is 2.72. The van der Waals surface area contributed by atoms with Crippen molar-refractivity contribution in [2.24, 2.45) is 5.73 Å². The summed E-state index contributed by atoms with van der Waals surface area (Å²) in [4.78, 5) is 20.9. The van der Waals surface area contributed by atoms with Crippen molar-refractivity contribution >= 4 is 17.1 Å². The molecule has 1 amide bonds. The number of fused-ring (bicyclic) bond motifs is 1. The molecule has 3 rings (SSSR count). The maximum absolute atomic E-state index is 14.8. The second-order valence-corrected chi connectivity index (χ2v) is 8.47. The molecule has 0 radical (unpaired) electrons. The predicted molar refractivity (Wildman–Crippen MR) is 110 cm³/mol. The summed E-state index contributed by atoms with van der Waals surface area (Å²) in [5, 5.41) is 2.85. The van der Waals surface area contributed by atoms with Gasteiger partial charge >= 0.3 is 6.09 Å². The normalized spacial score (nSPS) is 20.6. The Hall–Kier alpha value is -2.52. The monoisotopic (exact) mass is 420 g/mol. The zero-order valence-electron chi connectivity index (χ0n) is 17.8. The highest BCUT2D eigenvalue weighted by Gasteiger charge is 2.31. The van der Waals surface area contributed by atoms with Crippen molar-refractivity contribution < 1.29 is 23.4 Å². The minimum Gasteiger partial charge on any atom is -0.481 e. The molecule has 9 heteroatoms. The quantitative estimate of drug-likeness (QED) is 0.765. The fourth-order valence-electron chi connectivity index (χ4n) is 3.45. The number of carbonyl (C=O) groups is 1. The third kappa shape index (κ3) is 5.54. The second-order valence-electron chi connectivity index (χ2n) is 8.47. The first kappa shape index (κ1) is 22.2. The minimum atomic E-state index is -0.659. The molecule has 3 N–H and O–H groups in total. The number of hydrogen-bond donors (Lipinski definition) is 2. The molecule has 30 heavy (non-hydrogen) atoms. The highest BCUT2D eigenvalue weighted by Crippen LogP contribution is 2.25. The van der Waals surface area contributed by atoms with E-state index in [0.717, 1.165) is 12.6 Å². The second kappa shape index (κ2) is 9.09. The van der Waals surface area contributed by atoms with E-state index >= 15 is 0 Å². The molecule has 3 heterocycles. The van der Waals surface area contributed by atoms with Crippen molar-refractivity contribution in [3.63, 3.8) is 0 Å². The largest absolute Gasteiger partial charge is 0.481 e. The molecule has 164 valence electrons. The molecule has 0 saturated carbocycles. The van der Waals surface area contributed by atoms with Gasteiger partial charge in [0, 0.05) is 24.1 Å². The van der Waals surface area contributed by atoms with Gasteiger partial charge in [-0.1, -0.05) is 0 Å². The van der Waals surface area contributed by atoms with Crippen LogP contribution in [0.25, 0.3) is 11.0 Å². The summed E-state index contributed by atoms with van der Waals surface area (Å²) in [6.45, 7) is 5.72. The van der Waals surface area contributed by atoms with Crippen LogP contribution in [0.5, 0.6) is 5.88 Å². The maximum atomic E-state index is 14.8. The number of aromatic nitrogens is 2. The smallest absolute Gasteiger partial charge is 0.407 e. The van der Waals surface area contributed by atoms with Crippen molar-refractivity contribution in [2.75, 3.05) is 13.7 Å². The molecular formula is C21H29FN4O4. The summed E-state index contributed by atoms with van der Waals surface area (Å²) < 4.78 is 31.3. The number of methoxy groups -OCH3 is 1. The van der Waals surface area contributed by atoms with Gasteiger partial charge in [-0.3, -0.25) is 4.98 Å². The summed E-state index contributed by atoms with van der Waals surface area (Å²) in [6.07, 6.45) is 1.80. The molecule has 1 aliphatic rings. The van der Waals surface area contributed by atoms with Crippen LogP contribution in [0.2, 0.25) is 0 Å². The molecular weight excluding hydrogens is 391 g/mol. The number of amides is 1. The van der Waals surface area contributed by atoms with E-state index in [0.29, 0.717) is 35.5 Å². The molecule has 0 spiro atoms. The third-order valence-corrected chi connectivity index (χ3v) is 4.87. The summed E-state index contributed by atoms with van der Waals surface area (Å²) in [5.74, 6) is -0.153. The SMILES string of the molecule is COc1ccc2ncc(F)c(C[C@@H](NC(=O)OC(C)(C)C)[C@@H]3CC[C@@H](N)CO3)c2n1. The minimum absolute atomic E-state index is 0.0483. The Kier molecular flexibility index (Phi) is 6.72. The van der Waals surface area contributed by atoms with E-state index in [9.17, 15) is 9.18 Å². The Bertz CT molecular complexity index is 894. The molecule has 0 unspecified atom stereocenters. The van der Waals surface area contributed by atoms with Gasteiger partial charge in [0.05, 0.1) is 43.1 Å². The first-order chi connectivity index (χ1) is 14.2. The number of ether oxygens (including phenoxy) is 3. The standard InChI is InChI=1S/C21H29FN4O4/c1-21(2,3)30-20(27)25-16(17-7-5-12(23)11-29-17)9-13-14(22)10-24-15-6-8-18(28-4)26-19(13)15/h6,8,10,12,16-17H,5,7,9,11,23H2,1-4H3,(H,25,27)/t12-,16-,17+/m1/s1. The summed E-state index contributed by atoms with van der Waals surface area (Å²) >= 11 is 0. The van der Waals surface area contributed by atoms with Crippen molar-refractivity contribution in [3.8, 4) is 5.88 Å². The van der Waals surface area contributed by atoms with Crippen LogP contribution in [0.15, 0.2) is 18.3 Å². The molecule has 1 aliphatic heterocycles. The first-order valence-electron chi connectivity index (χ1n) is 10.0. The number of halogens is 1. The fourth-order valence-corrected chi connectivity index (χ4v) is 3.45. The van der Waals surface area contributed by atoms with Crippen LogP contribution in [-0.2, 0) is 15.9 Å². The van der Waals surface area contributed by atoms with Crippen LogP contribution < -0.4 is 15.8 Å². The lowest BCUT2D eigenvalue weighted by atomic mass is 9.94. The molecule has 0 aliphatic carbocycles. The molecule has 2 aromatic heterocycles. The van der Waals surface area contributed by atoms with Gasteiger partial charge in [0.2, 0.25) is 5.88 Å². The van der Waals surface area contributed by atoms with Gasteiger partial charge in [0.15, 0.2) is 0 Å². The van der Waals surface area contributed by atoms with Crippen LogP contribution in [-0.4, -0.2) is 53.6 Å². The van der Waals surface area contributed by atoms with Gasteiger partial charge in [0.1, 0.15) is 11.4 Å². The van der Waals surface area contributed by atoms with Crippen molar-refractivity contribution in [2.45, 2.75) is 63.8 Å². The maximum Gasteiger partial charge on any atom is 0.407 e. The van der Waals surface area contributed by atoms with Crippen molar-refractivity contribution in [1.29, 1.82) is 0 Å². The van der Waals surface area contributed by atoms with E-state index in [2.05, 4.69) is 15.3 Å². The van der Waals surface area contributed by atoms with E-state index in [1.54, 1.807) is 32.9 Å². The number of nitrogens with zero attached hydrogens (tertiary/aromatic N) is 2. The van der Waals surface area contributed by atoms with Crippen molar-refractivity contribution in [1.82, 2.24) is 15.3 Å². The van der Waals surface area contributed by atoms with Gasteiger partial charge in [-0.05, 0) is 39.7 Å². The molecule has 3 atom stereocenters. The summed E-state index contributed by atoms with van der Waals surface area (Å²) in [5.41, 5.74) is 6.53. The molecule has 2 aromatic rings. The Morgan fingerprint density at radius 3 is 2.80 bits per heavy atom. The molecule has 8 nitrogen and oxygen atoms in total. The Balaban J connectivity index is 1.92. The number of carbonyl (C=O) groups excluding carboxylic acids is 1. The summed E-state index contributed by atoms with van der Waals surface area (Å²) in [6, 6.07) is 2.81. The van der Waals surface area contributed by atoms with E-state index in [-0.39, 0.29) is 18.6 Å². The lowest BCUT2D eigenvalue weighted by molar-refractivity contribution is -0.0204. The van der Waals surface area contributed by atoms with Crippen LogP contribution in [0.3, 0.4) is 0 Å². The number of hydrogen-bond acceptors (Lipinski definition) is 7. The molecule has 0 bridgehead atoms. The van der Waals surface area contributed by atoms with Gasteiger partial charge < -0.3 is 25.3 Å². The van der Waals surface area contributed by atoms with Crippen molar-refractivity contribution in [3.05, 3.63) is 29.7 Å². The highest BCUT2D eigenvalue weighted by molar-refractivity contribution is 5.78. The fraction of sp³-hybridized carbons (Fsp3) is 0.571. The topological polar surface area (TPSA) is 109 Å².